The lowest BCUT2D eigenvalue weighted by molar-refractivity contribution is -0.140. The molecule has 0 aromatic rings. The third-order valence-electron chi connectivity index (χ3n) is 1.89. The van der Waals surface area contributed by atoms with Crippen LogP contribution in [0.1, 0.15) is 34.6 Å². The molecular formula is C11H21NO3S. The molecule has 94 valence electrons. The van der Waals surface area contributed by atoms with E-state index in [9.17, 15) is 9.59 Å². The van der Waals surface area contributed by atoms with E-state index >= 15 is 0 Å². The van der Waals surface area contributed by atoms with Gasteiger partial charge >= 0.3 is 5.97 Å². The first-order valence-electron chi connectivity index (χ1n) is 5.30. The monoisotopic (exact) mass is 247 g/mol. The van der Waals surface area contributed by atoms with Crippen LogP contribution in [-0.2, 0) is 9.59 Å². The van der Waals surface area contributed by atoms with E-state index in [1.807, 2.05) is 20.8 Å². The molecule has 0 radical (unpaired) electrons. The maximum absolute atomic E-state index is 11.7. The number of carbonyl (C=O) groups excluding carboxylic acids is 1. The summed E-state index contributed by atoms with van der Waals surface area (Å²) in [6, 6.07) is 0. The number of aliphatic carboxylic acids is 1. The minimum atomic E-state index is -0.823. The van der Waals surface area contributed by atoms with Crippen molar-refractivity contribution >= 4 is 23.6 Å². The zero-order valence-corrected chi connectivity index (χ0v) is 11.4. The predicted molar refractivity (Wildman–Crippen MR) is 66.6 cm³/mol. The molecule has 2 unspecified atom stereocenters. The van der Waals surface area contributed by atoms with Gasteiger partial charge in [0.15, 0.2) is 0 Å². The van der Waals surface area contributed by atoms with Crippen molar-refractivity contribution in [3.63, 3.8) is 0 Å². The lowest BCUT2D eigenvalue weighted by atomic mass is 10.1. The molecule has 2 N–H and O–H groups in total. The van der Waals surface area contributed by atoms with Gasteiger partial charge in [-0.15, -0.1) is 11.8 Å². The van der Waals surface area contributed by atoms with Gasteiger partial charge in [-0.25, -0.2) is 0 Å². The minimum absolute atomic E-state index is 0.0462. The average Bonchev–Trinajstić information content (AvgIpc) is 2.10. The number of nitrogens with one attached hydrogen (secondary N) is 1. The topological polar surface area (TPSA) is 66.4 Å². The molecular weight excluding hydrogens is 226 g/mol. The van der Waals surface area contributed by atoms with E-state index in [4.69, 9.17) is 5.11 Å². The number of carboxylic acids is 1. The van der Waals surface area contributed by atoms with Gasteiger partial charge in [-0.05, 0) is 27.7 Å². The smallest absolute Gasteiger partial charge is 0.307 e. The largest absolute Gasteiger partial charge is 0.481 e. The quantitative estimate of drug-likeness (QED) is 0.776. The fourth-order valence-corrected chi connectivity index (χ4v) is 1.84. The maximum atomic E-state index is 11.7. The van der Waals surface area contributed by atoms with E-state index in [2.05, 4.69) is 5.32 Å². The van der Waals surface area contributed by atoms with Crippen LogP contribution in [0.3, 0.4) is 0 Å². The molecule has 2 atom stereocenters. The van der Waals surface area contributed by atoms with Crippen LogP contribution < -0.4 is 5.32 Å². The van der Waals surface area contributed by atoms with Gasteiger partial charge in [0.25, 0.3) is 0 Å². The molecule has 16 heavy (non-hydrogen) atoms. The lowest BCUT2D eigenvalue weighted by Gasteiger charge is -2.23. The third kappa shape index (κ3) is 6.71. The molecule has 1 amide bonds. The van der Waals surface area contributed by atoms with Crippen LogP contribution in [0.15, 0.2) is 0 Å². The molecule has 0 saturated heterocycles. The van der Waals surface area contributed by atoms with Gasteiger partial charge in [-0.1, -0.05) is 6.92 Å². The van der Waals surface area contributed by atoms with Gasteiger partial charge in [0, 0.05) is 11.3 Å². The summed E-state index contributed by atoms with van der Waals surface area (Å²) in [5.74, 6) is -0.838. The molecule has 0 aliphatic heterocycles. The Kier molecular flexibility index (Phi) is 5.86. The number of amides is 1. The van der Waals surface area contributed by atoms with Crippen LogP contribution in [0, 0.1) is 5.92 Å². The van der Waals surface area contributed by atoms with Crippen LogP contribution in [0.4, 0.5) is 0 Å². The second-order valence-corrected chi connectivity index (χ2v) is 6.33. The standard InChI is InChI=1S/C11H21NO3S/c1-7(10(14)15)6-16-8(2)9(13)12-11(3,4)5/h7-8H,6H2,1-5H3,(H,12,13)(H,14,15). The summed E-state index contributed by atoms with van der Waals surface area (Å²) in [5, 5.41) is 11.3. The van der Waals surface area contributed by atoms with E-state index in [1.54, 1.807) is 13.8 Å². The van der Waals surface area contributed by atoms with Gasteiger partial charge in [-0.2, -0.15) is 0 Å². The highest BCUT2D eigenvalue weighted by atomic mass is 32.2. The number of carboxylic acid groups (broad SMARTS) is 1. The van der Waals surface area contributed by atoms with E-state index in [-0.39, 0.29) is 16.7 Å². The number of hydrogen-bond acceptors (Lipinski definition) is 3. The van der Waals surface area contributed by atoms with Crippen molar-refractivity contribution in [2.45, 2.75) is 45.4 Å². The Bertz CT molecular complexity index is 260. The molecule has 0 spiro atoms. The molecule has 0 aromatic carbocycles. The Morgan fingerprint density at radius 1 is 1.31 bits per heavy atom. The third-order valence-corrected chi connectivity index (χ3v) is 3.29. The van der Waals surface area contributed by atoms with Gasteiger partial charge in [0.1, 0.15) is 0 Å². The van der Waals surface area contributed by atoms with Gasteiger partial charge < -0.3 is 10.4 Å². The summed E-state index contributed by atoms with van der Waals surface area (Å²) in [6.07, 6.45) is 0. The second-order valence-electron chi connectivity index (χ2n) is 4.95. The zero-order chi connectivity index (χ0) is 12.9. The van der Waals surface area contributed by atoms with Gasteiger partial charge in [0.05, 0.1) is 11.2 Å². The van der Waals surface area contributed by atoms with E-state index < -0.39 is 11.9 Å². The Balaban J connectivity index is 4.02. The first-order valence-corrected chi connectivity index (χ1v) is 6.35. The maximum Gasteiger partial charge on any atom is 0.307 e. The van der Waals surface area contributed by atoms with Crippen molar-refractivity contribution in [1.29, 1.82) is 0 Å². The number of thioether (sulfide) groups is 1. The summed E-state index contributed by atoms with van der Waals surface area (Å²) in [4.78, 5) is 22.3. The van der Waals surface area contributed by atoms with Gasteiger partial charge in [0.2, 0.25) is 5.91 Å². The molecule has 0 saturated carbocycles. The van der Waals surface area contributed by atoms with Crippen molar-refractivity contribution in [1.82, 2.24) is 5.32 Å². The summed E-state index contributed by atoms with van der Waals surface area (Å²) >= 11 is 1.37. The summed E-state index contributed by atoms with van der Waals surface area (Å²) in [7, 11) is 0. The van der Waals surface area contributed by atoms with E-state index in [0.29, 0.717) is 5.75 Å². The molecule has 0 bridgehead atoms. The highest BCUT2D eigenvalue weighted by Gasteiger charge is 2.21. The van der Waals surface area contributed by atoms with Crippen LogP contribution >= 0.6 is 11.8 Å². The van der Waals surface area contributed by atoms with Crippen molar-refractivity contribution < 1.29 is 14.7 Å². The molecule has 0 aliphatic rings. The van der Waals surface area contributed by atoms with Crippen molar-refractivity contribution in [3.05, 3.63) is 0 Å². The molecule has 0 heterocycles. The van der Waals surface area contributed by atoms with Crippen molar-refractivity contribution in [2.24, 2.45) is 5.92 Å². The molecule has 4 nitrogen and oxygen atoms in total. The molecule has 0 aromatic heterocycles. The van der Waals surface area contributed by atoms with Crippen LogP contribution in [0.25, 0.3) is 0 Å². The summed E-state index contributed by atoms with van der Waals surface area (Å²) in [6.45, 7) is 9.19. The number of carbonyl (C=O) groups is 2. The summed E-state index contributed by atoms with van der Waals surface area (Å²) < 4.78 is 0. The SMILES string of the molecule is CC(CSC(C)C(=O)NC(C)(C)C)C(=O)O. The first-order chi connectivity index (χ1) is 7.13. The fraction of sp³-hybridized carbons (Fsp3) is 0.818. The lowest BCUT2D eigenvalue weighted by Crippen LogP contribution is -2.44. The second kappa shape index (κ2) is 6.13. The van der Waals surface area contributed by atoms with Crippen molar-refractivity contribution in [3.8, 4) is 0 Å². The Labute approximate surface area is 101 Å². The highest BCUT2D eigenvalue weighted by molar-refractivity contribution is 8.00. The normalized spacial score (nSPS) is 15.3. The Morgan fingerprint density at radius 3 is 2.19 bits per heavy atom. The van der Waals surface area contributed by atoms with Crippen molar-refractivity contribution in [2.75, 3.05) is 5.75 Å². The molecule has 0 aliphatic carbocycles. The van der Waals surface area contributed by atoms with E-state index in [1.165, 1.54) is 11.8 Å². The fourth-order valence-electron chi connectivity index (χ4n) is 0.907. The van der Waals surface area contributed by atoms with Crippen LogP contribution in [0.5, 0.6) is 0 Å². The van der Waals surface area contributed by atoms with E-state index in [0.717, 1.165) is 0 Å². The van der Waals surface area contributed by atoms with Gasteiger partial charge in [-0.3, -0.25) is 9.59 Å². The number of hydrogen-bond donors (Lipinski definition) is 2. The molecule has 0 fully saturated rings. The minimum Gasteiger partial charge on any atom is -0.481 e. The zero-order valence-electron chi connectivity index (χ0n) is 10.5. The average molecular weight is 247 g/mol. The van der Waals surface area contributed by atoms with Crippen LogP contribution in [0.2, 0.25) is 0 Å². The molecule has 5 heteroatoms. The predicted octanol–water partition coefficient (Wildman–Crippen LogP) is 1.74. The Hall–Kier alpha value is -0.710. The molecule has 0 rings (SSSR count). The Morgan fingerprint density at radius 2 is 1.81 bits per heavy atom. The van der Waals surface area contributed by atoms with Crippen LogP contribution in [-0.4, -0.2) is 33.5 Å². The first kappa shape index (κ1) is 15.3. The highest BCUT2D eigenvalue weighted by Crippen LogP contribution is 2.16. The number of rotatable bonds is 5. The summed E-state index contributed by atoms with van der Waals surface area (Å²) in [5.41, 5.74) is -0.246.